The molecule has 3 aromatic rings. The first-order valence-corrected chi connectivity index (χ1v) is 8.03. The van der Waals surface area contributed by atoms with Crippen LogP contribution in [0.25, 0.3) is 10.9 Å². The van der Waals surface area contributed by atoms with Crippen LogP contribution in [0, 0.1) is 17.0 Å². The van der Waals surface area contributed by atoms with E-state index in [1.54, 1.807) is 6.92 Å². The number of hydrogen-bond acceptors (Lipinski definition) is 5. The number of ether oxygens (including phenoxy) is 2. The van der Waals surface area contributed by atoms with Crippen molar-refractivity contribution < 1.29 is 19.2 Å². The fraction of sp³-hybridized carbons (Fsp3) is 0.211. The van der Waals surface area contributed by atoms with E-state index in [0.717, 1.165) is 16.6 Å². The number of Topliss-reactive ketones (excluding diaryl/α,β-unsaturated/α-hetero) is 1. The Morgan fingerprint density at radius 1 is 1.19 bits per heavy atom. The molecule has 0 radical (unpaired) electrons. The number of nitrogens with zero attached hydrogens (tertiary/aromatic N) is 1. The van der Waals surface area contributed by atoms with Gasteiger partial charge in [0.2, 0.25) is 5.78 Å². The van der Waals surface area contributed by atoms with Crippen LogP contribution in [0.5, 0.6) is 11.5 Å². The van der Waals surface area contributed by atoms with Crippen molar-refractivity contribution >= 4 is 22.4 Å². The summed E-state index contributed by atoms with van der Waals surface area (Å²) >= 11 is 0. The van der Waals surface area contributed by atoms with Crippen molar-refractivity contribution in [2.75, 3.05) is 7.11 Å². The number of non-ortho nitro benzene ring substituents is 1. The third-order valence-corrected chi connectivity index (χ3v) is 4.17. The fourth-order valence-corrected chi connectivity index (χ4v) is 2.91. The van der Waals surface area contributed by atoms with Crippen molar-refractivity contribution in [1.82, 2.24) is 4.98 Å². The Morgan fingerprint density at radius 3 is 2.62 bits per heavy atom. The second kappa shape index (κ2) is 6.87. The molecule has 0 aliphatic carbocycles. The van der Waals surface area contributed by atoms with E-state index in [9.17, 15) is 14.9 Å². The lowest BCUT2D eigenvalue weighted by atomic mass is 10.0. The van der Waals surface area contributed by atoms with Gasteiger partial charge in [0.05, 0.1) is 18.1 Å². The molecular formula is C19H18N2O5. The second-order valence-corrected chi connectivity index (χ2v) is 5.89. The molecule has 1 N–H and O–H groups in total. The van der Waals surface area contributed by atoms with Crippen LogP contribution >= 0.6 is 0 Å². The Hall–Kier alpha value is -3.35. The lowest BCUT2D eigenvalue weighted by Gasteiger charge is -2.16. The smallest absolute Gasteiger partial charge is 0.273 e. The van der Waals surface area contributed by atoms with Gasteiger partial charge in [0, 0.05) is 28.2 Å². The molecule has 0 amide bonds. The number of carbonyl (C=O) groups excluding carboxylic acids is 1. The number of para-hydroxylation sites is 1. The number of nitrogens with one attached hydrogen (secondary N) is 1. The lowest BCUT2D eigenvalue weighted by molar-refractivity contribution is -0.385. The van der Waals surface area contributed by atoms with Gasteiger partial charge in [-0.15, -0.1) is 0 Å². The van der Waals surface area contributed by atoms with Gasteiger partial charge in [0.15, 0.2) is 17.6 Å². The Labute approximate surface area is 149 Å². The van der Waals surface area contributed by atoms with E-state index < -0.39 is 11.0 Å². The van der Waals surface area contributed by atoms with Gasteiger partial charge >= 0.3 is 0 Å². The number of carbonyl (C=O) groups is 1. The molecule has 0 bridgehead atoms. The zero-order valence-corrected chi connectivity index (χ0v) is 14.6. The highest BCUT2D eigenvalue weighted by molar-refractivity contribution is 6.11. The van der Waals surface area contributed by atoms with Gasteiger partial charge in [0.25, 0.3) is 5.69 Å². The molecule has 0 fully saturated rings. The Kier molecular flexibility index (Phi) is 4.62. The van der Waals surface area contributed by atoms with Gasteiger partial charge < -0.3 is 14.5 Å². The fourth-order valence-electron chi connectivity index (χ4n) is 2.91. The quantitative estimate of drug-likeness (QED) is 0.409. The molecule has 134 valence electrons. The molecule has 7 heteroatoms. The number of H-pyrrole nitrogens is 1. The average Bonchev–Trinajstić information content (AvgIpc) is 2.96. The Bertz CT molecular complexity index is 993. The standard InChI is InChI=1S/C19H18N2O5/c1-11-18(14-6-4-5-7-15(14)20-11)19(22)12(2)26-17-10-13(21(23)24)8-9-16(17)25-3/h4-10,12,20H,1-3H3/t12-/m0/s1. The summed E-state index contributed by atoms with van der Waals surface area (Å²) in [5.41, 5.74) is 2.03. The van der Waals surface area contributed by atoms with Crippen molar-refractivity contribution in [3.8, 4) is 11.5 Å². The van der Waals surface area contributed by atoms with Crippen LogP contribution in [-0.4, -0.2) is 28.9 Å². The Morgan fingerprint density at radius 2 is 1.92 bits per heavy atom. The van der Waals surface area contributed by atoms with Crippen molar-refractivity contribution in [3.63, 3.8) is 0 Å². The summed E-state index contributed by atoms with van der Waals surface area (Å²) in [6.45, 7) is 3.44. The third-order valence-electron chi connectivity index (χ3n) is 4.17. The van der Waals surface area contributed by atoms with E-state index in [1.165, 1.54) is 25.3 Å². The molecule has 0 aliphatic heterocycles. The van der Waals surface area contributed by atoms with Crippen LogP contribution in [0.3, 0.4) is 0 Å². The summed E-state index contributed by atoms with van der Waals surface area (Å²) in [5, 5.41) is 11.8. The zero-order valence-electron chi connectivity index (χ0n) is 14.6. The molecule has 0 aliphatic rings. The predicted octanol–water partition coefficient (Wildman–Crippen LogP) is 4.04. The summed E-state index contributed by atoms with van der Waals surface area (Å²) in [6.07, 6.45) is -0.844. The number of hydrogen-bond donors (Lipinski definition) is 1. The van der Waals surface area contributed by atoms with Crippen molar-refractivity contribution in [3.05, 3.63) is 63.8 Å². The zero-order chi connectivity index (χ0) is 18.8. The van der Waals surface area contributed by atoms with E-state index in [4.69, 9.17) is 9.47 Å². The van der Waals surface area contributed by atoms with Crippen LogP contribution in [0.1, 0.15) is 23.0 Å². The van der Waals surface area contributed by atoms with Crippen molar-refractivity contribution in [2.24, 2.45) is 0 Å². The monoisotopic (exact) mass is 354 g/mol. The molecule has 1 aromatic heterocycles. The molecule has 0 spiro atoms. The predicted molar refractivity (Wildman–Crippen MR) is 97.1 cm³/mol. The number of fused-ring (bicyclic) bond motifs is 1. The van der Waals surface area contributed by atoms with Crippen LogP contribution in [0.15, 0.2) is 42.5 Å². The molecule has 26 heavy (non-hydrogen) atoms. The molecule has 1 atom stereocenters. The molecular weight excluding hydrogens is 336 g/mol. The summed E-state index contributed by atoms with van der Waals surface area (Å²) in [5.74, 6) is 0.263. The third kappa shape index (κ3) is 3.11. The number of benzene rings is 2. The second-order valence-electron chi connectivity index (χ2n) is 5.89. The number of aryl methyl sites for hydroxylation is 1. The maximum atomic E-state index is 12.9. The summed E-state index contributed by atoms with van der Waals surface area (Å²) in [4.78, 5) is 26.6. The number of nitro groups is 1. The van der Waals surface area contributed by atoms with Crippen LogP contribution in [-0.2, 0) is 0 Å². The topological polar surface area (TPSA) is 94.5 Å². The largest absolute Gasteiger partial charge is 0.493 e. The molecule has 0 saturated carbocycles. The number of methoxy groups -OCH3 is 1. The molecule has 1 heterocycles. The SMILES string of the molecule is COc1ccc([N+](=O)[O-])cc1O[C@@H](C)C(=O)c1c(C)[nH]c2ccccc12. The highest BCUT2D eigenvalue weighted by atomic mass is 16.6. The van der Waals surface area contributed by atoms with E-state index in [0.29, 0.717) is 11.3 Å². The maximum Gasteiger partial charge on any atom is 0.273 e. The number of rotatable bonds is 6. The van der Waals surface area contributed by atoms with Gasteiger partial charge in [-0.2, -0.15) is 0 Å². The number of aromatic nitrogens is 1. The van der Waals surface area contributed by atoms with Crippen LogP contribution in [0.2, 0.25) is 0 Å². The van der Waals surface area contributed by atoms with E-state index in [-0.39, 0.29) is 17.2 Å². The van der Waals surface area contributed by atoms with E-state index in [2.05, 4.69) is 4.98 Å². The number of ketones is 1. The van der Waals surface area contributed by atoms with Crippen molar-refractivity contribution in [2.45, 2.75) is 20.0 Å². The molecule has 3 rings (SSSR count). The highest BCUT2D eigenvalue weighted by Gasteiger charge is 2.24. The van der Waals surface area contributed by atoms with E-state index >= 15 is 0 Å². The lowest BCUT2D eigenvalue weighted by Crippen LogP contribution is -2.24. The van der Waals surface area contributed by atoms with E-state index in [1.807, 2.05) is 31.2 Å². The van der Waals surface area contributed by atoms with Gasteiger partial charge in [-0.25, -0.2) is 0 Å². The normalized spacial score (nSPS) is 12.0. The van der Waals surface area contributed by atoms with Gasteiger partial charge in [-0.05, 0) is 26.0 Å². The maximum absolute atomic E-state index is 12.9. The summed E-state index contributed by atoms with van der Waals surface area (Å²) in [6, 6.07) is 11.5. The average molecular weight is 354 g/mol. The highest BCUT2D eigenvalue weighted by Crippen LogP contribution is 2.33. The minimum absolute atomic E-state index is 0.135. The first-order valence-electron chi connectivity index (χ1n) is 8.03. The molecule has 0 unspecified atom stereocenters. The first kappa shape index (κ1) is 17.5. The minimum atomic E-state index is -0.844. The summed E-state index contributed by atoms with van der Waals surface area (Å²) < 4.78 is 10.9. The molecule has 0 saturated heterocycles. The van der Waals surface area contributed by atoms with Crippen LogP contribution < -0.4 is 9.47 Å². The number of nitro benzene ring substituents is 1. The summed E-state index contributed by atoms with van der Waals surface area (Å²) in [7, 11) is 1.43. The van der Waals surface area contributed by atoms with Gasteiger partial charge in [-0.1, -0.05) is 18.2 Å². The minimum Gasteiger partial charge on any atom is -0.493 e. The number of aromatic amines is 1. The molecule has 2 aromatic carbocycles. The van der Waals surface area contributed by atoms with Gasteiger partial charge in [-0.3, -0.25) is 14.9 Å². The van der Waals surface area contributed by atoms with Gasteiger partial charge in [0.1, 0.15) is 0 Å². The first-order chi connectivity index (χ1) is 12.4. The van der Waals surface area contributed by atoms with Crippen molar-refractivity contribution in [1.29, 1.82) is 0 Å². The van der Waals surface area contributed by atoms with Crippen LogP contribution in [0.4, 0.5) is 5.69 Å². The Balaban J connectivity index is 1.93. The molecule has 7 nitrogen and oxygen atoms in total.